The first-order valence-corrected chi connectivity index (χ1v) is 4.80. The summed E-state index contributed by atoms with van der Waals surface area (Å²) in [7, 11) is 0. The zero-order valence-corrected chi connectivity index (χ0v) is 8.55. The summed E-state index contributed by atoms with van der Waals surface area (Å²) in [6.45, 7) is 0.499. The maximum atomic E-state index is 13.3. The van der Waals surface area contributed by atoms with E-state index < -0.39 is 0 Å². The van der Waals surface area contributed by atoms with Crippen LogP contribution in [-0.4, -0.2) is 10.2 Å². The van der Waals surface area contributed by atoms with Gasteiger partial charge in [-0.2, -0.15) is 5.10 Å². The lowest BCUT2D eigenvalue weighted by molar-refractivity contribution is 0.630. The number of nitrogens with one attached hydrogen (secondary N) is 2. The summed E-state index contributed by atoms with van der Waals surface area (Å²) in [6, 6.07) is 6.34. The van der Waals surface area contributed by atoms with Gasteiger partial charge in [0.2, 0.25) is 0 Å². The molecule has 0 saturated heterocycles. The number of hydrogen-bond donors (Lipinski definition) is 2. The van der Waals surface area contributed by atoms with Crippen molar-refractivity contribution >= 4 is 17.3 Å². The number of aromatic nitrogens is 2. The monoisotopic (exact) mass is 225 g/mol. The first-order chi connectivity index (χ1) is 7.25. The van der Waals surface area contributed by atoms with E-state index in [0.717, 1.165) is 5.69 Å². The van der Waals surface area contributed by atoms with Gasteiger partial charge in [0, 0.05) is 11.2 Å². The van der Waals surface area contributed by atoms with Crippen molar-refractivity contribution in [1.82, 2.24) is 10.2 Å². The van der Waals surface area contributed by atoms with Gasteiger partial charge in [-0.05, 0) is 24.3 Å². The zero-order valence-electron chi connectivity index (χ0n) is 7.80. The van der Waals surface area contributed by atoms with Crippen LogP contribution >= 0.6 is 11.6 Å². The second-order valence-corrected chi connectivity index (χ2v) is 3.50. The molecule has 2 aromatic rings. The van der Waals surface area contributed by atoms with Crippen molar-refractivity contribution in [2.24, 2.45) is 0 Å². The first kappa shape index (κ1) is 9.98. The lowest BCUT2D eigenvalue weighted by Crippen LogP contribution is -2.01. The molecule has 78 valence electrons. The Morgan fingerprint density at radius 1 is 1.40 bits per heavy atom. The minimum Gasteiger partial charge on any atom is -0.377 e. The maximum Gasteiger partial charge on any atom is 0.147 e. The minimum atomic E-state index is -0.359. The molecule has 0 spiro atoms. The molecule has 0 aliphatic rings. The topological polar surface area (TPSA) is 40.7 Å². The number of anilines is 1. The van der Waals surface area contributed by atoms with E-state index in [-0.39, 0.29) is 5.82 Å². The Morgan fingerprint density at radius 3 is 2.93 bits per heavy atom. The summed E-state index contributed by atoms with van der Waals surface area (Å²) in [6.07, 6.45) is 1.65. The van der Waals surface area contributed by atoms with Crippen LogP contribution in [0.1, 0.15) is 5.69 Å². The molecule has 2 rings (SSSR count). The Bertz CT molecular complexity index is 442. The molecule has 5 heteroatoms. The van der Waals surface area contributed by atoms with Crippen LogP contribution in [-0.2, 0) is 6.54 Å². The van der Waals surface area contributed by atoms with Crippen LogP contribution in [0, 0.1) is 5.82 Å². The molecule has 0 unspecified atom stereocenters. The highest BCUT2D eigenvalue weighted by molar-refractivity contribution is 6.30. The number of rotatable bonds is 3. The van der Waals surface area contributed by atoms with E-state index in [0.29, 0.717) is 17.3 Å². The molecule has 1 heterocycles. The molecule has 15 heavy (non-hydrogen) atoms. The Hall–Kier alpha value is -1.55. The van der Waals surface area contributed by atoms with E-state index in [1.807, 2.05) is 6.07 Å². The predicted octanol–water partition coefficient (Wildman–Crippen LogP) is 2.81. The fourth-order valence-electron chi connectivity index (χ4n) is 1.21. The lowest BCUT2D eigenvalue weighted by Gasteiger charge is -2.05. The Labute approximate surface area is 91.3 Å². The number of halogens is 2. The van der Waals surface area contributed by atoms with E-state index >= 15 is 0 Å². The van der Waals surface area contributed by atoms with Gasteiger partial charge in [0.05, 0.1) is 17.9 Å². The number of hydrogen-bond acceptors (Lipinski definition) is 2. The van der Waals surface area contributed by atoms with Crippen molar-refractivity contribution in [2.75, 3.05) is 5.32 Å². The fourth-order valence-corrected chi connectivity index (χ4v) is 1.37. The molecule has 0 atom stereocenters. The average Bonchev–Trinajstić information content (AvgIpc) is 2.69. The van der Waals surface area contributed by atoms with E-state index in [2.05, 4.69) is 15.5 Å². The van der Waals surface area contributed by atoms with Gasteiger partial charge < -0.3 is 5.32 Å². The molecule has 0 fully saturated rings. The highest BCUT2D eigenvalue weighted by Crippen LogP contribution is 2.19. The van der Waals surface area contributed by atoms with Crippen molar-refractivity contribution in [2.45, 2.75) is 6.54 Å². The highest BCUT2D eigenvalue weighted by Gasteiger charge is 2.02. The summed E-state index contributed by atoms with van der Waals surface area (Å²) in [5, 5.41) is 9.89. The minimum absolute atomic E-state index is 0.359. The molecule has 0 aliphatic heterocycles. The zero-order chi connectivity index (χ0) is 10.7. The third-order valence-corrected chi connectivity index (χ3v) is 2.19. The van der Waals surface area contributed by atoms with E-state index in [4.69, 9.17) is 11.6 Å². The third kappa shape index (κ3) is 2.47. The van der Waals surface area contributed by atoms with E-state index in [9.17, 15) is 4.39 Å². The summed E-state index contributed by atoms with van der Waals surface area (Å²) in [4.78, 5) is 0. The van der Waals surface area contributed by atoms with Gasteiger partial charge in [-0.25, -0.2) is 4.39 Å². The van der Waals surface area contributed by atoms with Crippen LogP contribution in [0.15, 0.2) is 30.5 Å². The quantitative estimate of drug-likeness (QED) is 0.843. The second kappa shape index (κ2) is 4.31. The molecule has 0 radical (unpaired) electrons. The van der Waals surface area contributed by atoms with Crippen molar-refractivity contribution in [1.29, 1.82) is 0 Å². The van der Waals surface area contributed by atoms with Gasteiger partial charge in [-0.15, -0.1) is 0 Å². The number of benzene rings is 1. The largest absolute Gasteiger partial charge is 0.377 e. The molecule has 3 nitrogen and oxygen atoms in total. The van der Waals surface area contributed by atoms with Gasteiger partial charge in [0.25, 0.3) is 0 Å². The normalized spacial score (nSPS) is 10.3. The van der Waals surface area contributed by atoms with Crippen molar-refractivity contribution in [3.8, 4) is 0 Å². The van der Waals surface area contributed by atoms with Crippen LogP contribution in [0.2, 0.25) is 5.02 Å². The summed E-state index contributed by atoms with van der Waals surface area (Å²) in [5.74, 6) is -0.359. The molecule has 1 aromatic heterocycles. The van der Waals surface area contributed by atoms with Gasteiger partial charge >= 0.3 is 0 Å². The van der Waals surface area contributed by atoms with Gasteiger partial charge in [-0.1, -0.05) is 11.6 Å². The lowest BCUT2D eigenvalue weighted by atomic mass is 10.3. The van der Waals surface area contributed by atoms with Crippen LogP contribution in [0.3, 0.4) is 0 Å². The Balaban J connectivity index is 2.05. The summed E-state index contributed by atoms with van der Waals surface area (Å²) in [5.41, 5.74) is 1.32. The highest BCUT2D eigenvalue weighted by atomic mass is 35.5. The molecule has 1 aromatic carbocycles. The van der Waals surface area contributed by atoms with Crippen LogP contribution in [0.4, 0.5) is 10.1 Å². The predicted molar refractivity (Wildman–Crippen MR) is 57.3 cm³/mol. The van der Waals surface area contributed by atoms with Crippen LogP contribution < -0.4 is 5.32 Å². The molecular formula is C10H9ClFN3. The van der Waals surface area contributed by atoms with Gasteiger partial charge in [-0.3, -0.25) is 5.10 Å². The molecule has 2 N–H and O–H groups in total. The van der Waals surface area contributed by atoms with Crippen molar-refractivity contribution in [3.63, 3.8) is 0 Å². The number of H-pyrrole nitrogens is 1. The van der Waals surface area contributed by atoms with Gasteiger partial charge in [0.15, 0.2) is 0 Å². The molecular weight excluding hydrogens is 217 g/mol. The van der Waals surface area contributed by atoms with Crippen molar-refractivity contribution in [3.05, 3.63) is 47.0 Å². The molecule has 0 saturated carbocycles. The Kier molecular flexibility index (Phi) is 2.87. The van der Waals surface area contributed by atoms with Crippen molar-refractivity contribution < 1.29 is 4.39 Å². The van der Waals surface area contributed by atoms with Gasteiger partial charge in [0.1, 0.15) is 5.82 Å². The fraction of sp³-hybridized carbons (Fsp3) is 0.100. The smallest absolute Gasteiger partial charge is 0.147 e. The van der Waals surface area contributed by atoms with Crippen LogP contribution in [0.25, 0.3) is 0 Å². The number of aromatic amines is 1. The first-order valence-electron chi connectivity index (χ1n) is 4.43. The maximum absolute atomic E-state index is 13.3. The SMILES string of the molecule is Fc1cc(Cl)ccc1NCc1ccn[nH]1. The molecule has 0 bridgehead atoms. The van der Waals surface area contributed by atoms with E-state index in [1.54, 1.807) is 18.3 Å². The average molecular weight is 226 g/mol. The van der Waals surface area contributed by atoms with E-state index in [1.165, 1.54) is 6.07 Å². The second-order valence-electron chi connectivity index (χ2n) is 3.06. The summed E-state index contributed by atoms with van der Waals surface area (Å²) < 4.78 is 13.3. The summed E-state index contributed by atoms with van der Waals surface area (Å²) >= 11 is 5.63. The number of nitrogens with zero attached hydrogens (tertiary/aromatic N) is 1. The Morgan fingerprint density at radius 2 is 2.27 bits per heavy atom. The standard InChI is InChI=1S/C10H9ClFN3/c11-7-1-2-10(9(12)5-7)13-6-8-3-4-14-15-8/h1-5,13H,6H2,(H,14,15). The third-order valence-electron chi connectivity index (χ3n) is 1.96. The van der Waals surface area contributed by atoms with Crippen LogP contribution in [0.5, 0.6) is 0 Å². The molecule has 0 aliphatic carbocycles. The molecule has 0 amide bonds.